The van der Waals surface area contributed by atoms with Gasteiger partial charge in [0.2, 0.25) is 5.91 Å². The minimum Gasteiger partial charge on any atom is -0.344 e. The van der Waals surface area contributed by atoms with E-state index in [0.29, 0.717) is 5.02 Å². The molecule has 0 spiro atoms. The second-order valence-electron chi connectivity index (χ2n) is 6.73. The van der Waals surface area contributed by atoms with Crippen LogP contribution in [0.2, 0.25) is 5.02 Å². The molecule has 3 rings (SSSR count). The summed E-state index contributed by atoms with van der Waals surface area (Å²) in [6, 6.07) is 25.9. The highest BCUT2D eigenvalue weighted by Gasteiger charge is 2.23. The van der Waals surface area contributed by atoms with Crippen LogP contribution in [-0.4, -0.2) is 11.2 Å². The van der Waals surface area contributed by atoms with Gasteiger partial charge in [-0.25, -0.2) is 0 Å². The highest BCUT2D eigenvalue weighted by Crippen LogP contribution is 2.29. The molecule has 28 heavy (non-hydrogen) atoms. The fraction of sp³-hybridized carbons (Fsp3) is 0.208. The molecule has 1 N–H and O–H groups in total. The van der Waals surface area contributed by atoms with Crippen LogP contribution in [0.1, 0.15) is 36.1 Å². The second kappa shape index (κ2) is 9.81. The van der Waals surface area contributed by atoms with Crippen LogP contribution in [0.15, 0.2) is 83.8 Å². The summed E-state index contributed by atoms with van der Waals surface area (Å²) in [6.07, 6.45) is 0.745. The van der Waals surface area contributed by atoms with Gasteiger partial charge in [-0.2, -0.15) is 0 Å². The van der Waals surface area contributed by atoms with Gasteiger partial charge in [-0.3, -0.25) is 4.79 Å². The number of thioether (sulfide) groups is 1. The van der Waals surface area contributed by atoms with Crippen molar-refractivity contribution in [2.24, 2.45) is 0 Å². The molecule has 1 amide bonds. The topological polar surface area (TPSA) is 29.1 Å². The van der Waals surface area contributed by atoms with Gasteiger partial charge >= 0.3 is 0 Å². The van der Waals surface area contributed by atoms with Crippen molar-refractivity contribution in [1.29, 1.82) is 0 Å². The van der Waals surface area contributed by atoms with E-state index < -0.39 is 0 Å². The van der Waals surface area contributed by atoms with Gasteiger partial charge in [0.25, 0.3) is 0 Å². The molecular weight excluding hydrogens is 386 g/mol. The Hall–Kier alpha value is -2.23. The Morgan fingerprint density at radius 3 is 2.14 bits per heavy atom. The van der Waals surface area contributed by atoms with Gasteiger partial charge in [-0.1, -0.05) is 78.7 Å². The Balaban J connectivity index is 1.81. The first-order chi connectivity index (χ1) is 13.6. The van der Waals surface area contributed by atoms with Crippen molar-refractivity contribution in [2.75, 3.05) is 0 Å². The van der Waals surface area contributed by atoms with E-state index in [1.54, 1.807) is 11.8 Å². The molecule has 0 aliphatic rings. The molecule has 3 aromatic carbocycles. The molecule has 0 saturated heterocycles. The number of halogens is 1. The third-order valence-corrected chi connectivity index (χ3v) is 6.21. The number of aryl methyl sites for hydroxylation is 1. The molecule has 0 aromatic heterocycles. The first-order valence-electron chi connectivity index (χ1n) is 9.41. The molecular formula is C24H24ClNOS. The zero-order valence-corrected chi connectivity index (χ0v) is 17.6. The summed E-state index contributed by atoms with van der Waals surface area (Å²) in [4.78, 5) is 14.2. The van der Waals surface area contributed by atoms with Crippen molar-refractivity contribution in [2.45, 2.75) is 36.5 Å². The number of rotatable bonds is 7. The number of nitrogens with one attached hydrogen (secondary N) is 1. The lowest BCUT2D eigenvalue weighted by Crippen LogP contribution is -2.36. The highest BCUT2D eigenvalue weighted by molar-refractivity contribution is 8.00. The average molecular weight is 410 g/mol. The van der Waals surface area contributed by atoms with Crippen LogP contribution in [0.4, 0.5) is 0 Å². The van der Waals surface area contributed by atoms with Crippen molar-refractivity contribution >= 4 is 29.3 Å². The molecule has 0 aliphatic heterocycles. The Morgan fingerprint density at radius 1 is 0.929 bits per heavy atom. The van der Waals surface area contributed by atoms with E-state index in [9.17, 15) is 4.79 Å². The number of carbonyl (C=O) groups excluding carboxylic acids is 1. The van der Waals surface area contributed by atoms with Crippen molar-refractivity contribution in [1.82, 2.24) is 5.32 Å². The van der Waals surface area contributed by atoms with E-state index in [-0.39, 0.29) is 17.2 Å². The summed E-state index contributed by atoms with van der Waals surface area (Å²) in [7, 11) is 0. The number of hydrogen-bond donors (Lipinski definition) is 1. The Labute approximate surface area is 176 Å². The smallest absolute Gasteiger partial charge is 0.234 e. The average Bonchev–Trinajstić information content (AvgIpc) is 2.73. The van der Waals surface area contributed by atoms with E-state index in [2.05, 4.69) is 48.6 Å². The largest absolute Gasteiger partial charge is 0.344 e. The van der Waals surface area contributed by atoms with Crippen LogP contribution in [0.5, 0.6) is 0 Å². The number of hydrogen-bond acceptors (Lipinski definition) is 2. The Bertz CT molecular complexity index is 894. The first-order valence-corrected chi connectivity index (χ1v) is 10.7. The highest BCUT2D eigenvalue weighted by atomic mass is 35.5. The fourth-order valence-electron chi connectivity index (χ4n) is 3.00. The van der Waals surface area contributed by atoms with Gasteiger partial charge in [0.05, 0.1) is 11.3 Å². The monoisotopic (exact) mass is 409 g/mol. The van der Waals surface area contributed by atoms with Gasteiger partial charge in [0.15, 0.2) is 0 Å². The molecule has 0 aliphatic carbocycles. The van der Waals surface area contributed by atoms with Crippen molar-refractivity contribution in [3.8, 4) is 0 Å². The molecule has 144 valence electrons. The van der Waals surface area contributed by atoms with Crippen molar-refractivity contribution in [3.63, 3.8) is 0 Å². The van der Waals surface area contributed by atoms with Gasteiger partial charge in [-0.05, 0) is 48.7 Å². The van der Waals surface area contributed by atoms with Crippen LogP contribution < -0.4 is 5.32 Å². The van der Waals surface area contributed by atoms with E-state index in [4.69, 9.17) is 11.6 Å². The van der Waals surface area contributed by atoms with Gasteiger partial charge in [0.1, 0.15) is 0 Å². The molecule has 4 heteroatoms. The maximum Gasteiger partial charge on any atom is 0.234 e. The third kappa shape index (κ3) is 5.40. The summed E-state index contributed by atoms with van der Waals surface area (Å²) in [5.74, 6) is 0.0388. The number of amides is 1. The molecule has 2 nitrogen and oxygen atoms in total. The quantitative estimate of drug-likeness (QED) is 0.456. The minimum absolute atomic E-state index is 0.0388. The molecule has 3 aromatic rings. The van der Waals surface area contributed by atoms with E-state index in [0.717, 1.165) is 22.4 Å². The minimum atomic E-state index is -0.172. The Kier molecular flexibility index (Phi) is 7.18. The summed E-state index contributed by atoms with van der Waals surface area (Å²) in [5.41, 5.74) is 3.36. The molecule has 0 fully saturated rings. The molecule has 0 heterocycles. The summed E-state index contributed by atoms with van der Waals surface area (Å²) >= 11 is 7.54. The molecule has 0 radical (unpaired) electrons. The van der Waals surface area contributed by atoms with E-state index in [1.165, 1.54) is 5.56 Å². The van der Waals surface area contributed by atoms with Gasteiger partial charge in [-0.15, -0.1) is 11.8 Å². The van der Waals surface area contributed by atoms with E-state index >= 15 is 0 Å². The number of benzene rings is 3. The lowest BCUT2D eigenvalue weighted by atomic mass is 9.97. The van der Waals surface area contributed by atoms with Gasteiger partial charge < -0.3 is 5.32 Å². The summed E-state index contributed by atoms with van der Waals surface area (Å²) < 4.78 is 0. The normalized spacial score (nSPS) is 13.0. The summed E-state index contributed by atoms with van der Waals surface area (Å²) in [5, 5.41) is 3.80. The van der Waals surface area contributed by atoms with Crippen LogP contribution in [0, 0.1) is 6.92 Å². The maximum absolute atomic E-state index is 13.1. The zero-order chi connectivity index (χ0) is 19.9. The molecule has 2 atom stereocenters. The lowest BCUT2D eigenvalue weighted by Gasteiger charge is -2.23. The zero-order valence-electron chi connectivity index (χ0n) is 16.1. The standard InChI is InChI=1S/C24H24ClNOS/c1-3-22(28-21-15-13-20(25)14-16-21)24(27)26-23(18-7-5-4-6-8-18)19-11-9-17(2)10-12-19/h4-16,22-23H,3H2,1-2H3,(H,26,27)/t22-,23-/m0/s1. The molecule has 0 bridgehead atoms. The predicted octanol–water partition coefficient (Wildman–Crippen LogP) is 6.42. The predicted molar refractivity (Wildman–Crippen MR) is 119 cm³/mol. The van der Waals surface area contributed by atoms with E-state index in [1.807, 2.05) is 49.4 Å². The maximum atomic E-state index is 13.1. The van der Waals surface area contributed by atoms with Crippen LogP contribution in [0.25, 0.3) is 0 Å². The van der Waals surface area contributed by atoms with Crippen LogP contribution >= 0.6 is 23.4 Å². The fourth-order valence-corrected chi connectivity index (χ4v) is 4.09. The van der Waals surface area contributed by atoms with Crippen LogP contribution in [0.3, 0.4) is 0 Å². The SMILES string of the molecule is CC[C@H](Sc1ccc(Cl)cc1)C(=O)N[C@@H](c1ccccc1)c1ccc(C)cc1. The van der Waals surface area contributed by atoms with Crippen molar-refractivity contribution < 1.29 is 4.79 Å². The lowest BCUT2D eigenvalue weighted by molar-refractivity contribution is -0.121. The van der Waals surface area contributed by atoms with Crippen LogP contribution in [-0.2, 0) is 4.79 Å². The Morgan fingerprint density at radius 2 is 1.54 bits per heavy atom. The van der Waals surface area contributed by atoms with Crippen molar-refractivity contribution in [3.05, 3.63) is 101 Å². The first kappa shape index (κ1) is 20.5. The second-order valence-corrected chi connectivity index (χ2v) is 8.44. The molecule has 0 saturated carbocycles. The number of carbonyl (C=O) groups is 1. The van der Waals surface area contributed by atoms with Gasteiger partial charge in [0, 0.05) is 9.92 Å². The summed E-state index contributed by atoms with van der Waals surface area (Å²) in [6.45, 7) is 4.10. The molecule has 0 unspecified atom stereocenters. The third-order valence-electron chi connectivity index (χ3n) is 4.59.